The van der Waals surface area contributed by atoms with Crippen LogP contribution in [-0.2, 0) is 10.8 Å². The van der Waals surface area contributed by atoms with Crippen LogP contribution in [0.3, 0.4) is 0 Å². The van der Waals surface area contributed by atoms with E-state index in [1.807, 2.05) is 28.9 Å². The third-order valence-corrected chi connectivity index (χ3v) is 6.79. The predicted molar refractivity (Wildman–Crippen MR) is 77.2 cm³/mol. The van der Waals surface area contributed by atoms with E-state index >= 15 is 0 Å². The monoisotopic (exact) mass is 288 g/mol. The zero-order chi connectivity index (χ0) is 13.7. The molecule has 0 aromatic carbocycles. The van der Waals surface area contributed by atoms with E-state index < -0.39 is 10.8 Å². The van der Waals surface area contributed by atoms with Crippen molar-refractivity contribution in [3.05, 3.63) is 36.3 Å². The second-order valence-electron chi connectivity index (χ2n) is 5.79. The molecule has 20 heavy (non-hydrogen) atoms. The fraction of sp³-hybridized carbons (Fsp3) is 0.467. The van der Waals surface area contributed by atoms with Gasteiger partial charge in [-0.05, 0) is 37.8 Å². The van der Waals surface area contributed by atoms with Crippen molar-refractivity contribution in [2.45, 2.75) is 36.2 Å². The van der Waals surface area contributed by atoms with Crippen molar-refractivity contribution >= 4 is 22.2 Å². The SMILES string of the molecule is O=C(c1ccn2ccnc2c1)C1CC2CCC(C1)S2=O. The molecule has 2 aromatic rings. The van der Waals surface area contributed by atoms with Gasteiger partial charge in [0.05, 0.1) is 0 Å². The lowest BCUT2D eigenvalue weighted by atomic mass is 9.91. The fourth-order valence-electron chi connectivity index (χ4n) is 3.55. The number of pyridine rings is 1. The number of ketones is 1. The van der Waals surface area contributed by atoms with Gasteiger partial charge in [-0.2, -0.15) is 0 Å². The maximum atomic E-state index is 12.7. The van der Waals surface area contributed by atoms with Crippen LogP contribution in [-0.4, -0.2) is 29.9 Å². The van der Waals surface area contributed by atoms with Gasteiger partial charge in [0.15, 0.2) is 5.78 Å². The van der Waals surface area contributed by atoms with Gasteiger partial charge in [0.2, 0.25) is 0 Å². The Bertz CT molecular complexity index is 693. The summed E-state index contributed by atoms with van der Waals surface area (Å²) in [6.07, 6.45) is 9.12. The Hall–Kier alpha value is -1.49. The van der Waals surface area contributed by atoms with E-state index in [0.717, 1.165) is 36.9 Å². The van der Waals surface area contributed by atoms with Gasteiger partial charge < -0.3 is 4.40 Å². The van der Waals surface area contributed by atoms with Crippen molar-refractivity contribution in [3.8, 4) is 0 Å². The molecule has 0 amide bonds. The van der Waals surface area contributed by atoms with Crippen molar-refractivity contribution in [2.75, 3.05) is 0 Å². The highest BCUT2D eigenvalue weighted by atomic mass is 32.2. The molecule has 4 rings (SSSR count). The van der Waals surface area contributed by atoms with Gasteiger partial charge in [-0.15, -0.1) is 0 Å². The summed E-state index contributed by atoms with van der Waals surface area (Å²) in [5.74, 6) is 0.242. The van der Waals surface area contributed by atoms with Crippen LogP contribution in [0.25, 0.3) is 5.65 Å². The van der Waals surface area contributed by atoms with Gasteiger partial charge in [-0.1, -0.05) is 0 Å². The number of imidazole rings is 1. The van der Waals surface area contributed by atoms with Crippen molar-refractivity contribution < 1.29 is 9.00 Å². The molecule has 0 aliphatic carbocycles. The maximum absolute atomic E-state index is 12.7. The Labute approximate surface area is 119 Å². The molecule has 2 aliphatic heterocycles. The number of aromatic nitrogens is 2. The number of hydrogen-bond donors (Lipinski definition) is 0. The second-order valence-corrected chi connectivity index (χ2v) is 7.78. The molecule has 2 aliphatic rings. The van der Waals surface area contributed by atoms with Crippen molar-refractivity contribution in [2.24, 2.45) is 5.92 Å². The maximum Gasteiger partial charge on any atom is 0.166 e. The first-order valence-electron chi connectivity index (χ1n) is 7.08. The Morgan fingerprint density at radius 3 is 2.75 bits per heavy atom. The van der Waals surface area contributed by atoms with E-state index in [1.54, 1.807) is 6.20 Å². The smallest absolute Gasteiger partial charge is 0.166 e. The topological polar surface area (TPSA) is 51.4 Å². The summed E-state index contributed by atoms with van der Waals surface area (Å²) in [6, 6.07) is 3.72. The largest absolute Gasteiger partial charge is 0.307 e. The van der Waals surface area contributed by atoms with Crippen LogP contribution in [0.5, 0.6) is 0 Å². The first kappa shape index (κ1) is 12.3. The van der Waals surface area contributed by atoms with Crippen LogP contribution in [0.15, 0.2) is 30.7 Å². The summed E-state index contributed by atoms with van der Waals surface area (Å²) >= 11 is 0. The van der Waals surface area contributed by atoms with E-state index in [4.69, 9.17) is 0 Å². The number of rotatable bonds is 2. The van der Waals surface area contributed by atoms with Gasteiger partial charge in [-0.3, -0.25) is 9.00 Å². The number of Topliss-reactive ketones (excluding diaryl/α,β-unsaturated/α-hetero) is 1. The summed E-state index contributed by atoms with van der Waals surface area (Å²) in [4.78, 5) is 16.9. The number of carbonyl (C=O) groups excluding carboxylic acids is 1. The van der Waals surface area contributed by atoms with Crippen LogP contribution < -0.4 is 0 Å². The van der Waals surface area contributed by atoms with Crippen molar-refractivity contribution in [3.63, 3.8) is 0 Å². The van der Waals surface area contributed by atoms with Crippen LogP contribution >= 0.6 is 0 Å². The van der Waals surface area contributed by atoms with Gasteiger partial charge in [0, 0.05) is 51.4 Å². The molecule has 104 valence electrons. The molecule has 2 unspecified atom stereocenters. The van der Waals surface area contributed by atoms with Crippen molar-refractivity contribution in [1.29, 1.82) is 0 Å². The zero-order valence-electron chi connectivity index (χ0n) is 11.1. The van der Waals surface area contributed by atoms with Crippen LogP contribution in [0.4, 0.5) is 0 Å². The summed E-state index contributed by atoms with van der Waals surface area (Å²) in [5, 5.41) is 0.496. The average molecular weight is 288 g/mol. The van der Waals surface area contributed by atoms with Gasteiger partial charge in [0.1, 0.15) is 5.65 Å². The summed E-state index contributed by atoms with van der Waals surface area (Å²) < 4.78 is 13.9. The molecule has 0 saturated carbocycles. The Morgan fingerprint density at radius 1 is 1.25 bits per heavy atom. The minimum Gasteiger partial charge on any atom is -0.307 e. The number of nitrogens with zero attached hydrogens (tertiary/aromatic N) is 2. The molecular formula is C15H16N2O2S. The lowest BCUT2D eigenvalue weighted by Gasteiger charge is -2.26. The van der Waals surface area contributed by atoms with Crippen LogP contribution in [0.1, 0.15) is 36.0 Å². The first-order valence-corrected chi connectivity index (χ1v) is 8.36. The lowest BCUT2D eigenvalue weighted by molar-refractivity contribution is 0.0906. The average Bonchev–Trinajstić information content (AvgIpc) is 2.98. The molecule has 2 fully saturated rings. The highest BCUT2D eigenvalue weighted by molar-refractivity contribution is 7.86. The predicted octanol–water partition coefficient (Wildman–Crippen LogP) is 2.21. The molecule has 4 nitrogen and oxygen atoms in total. The second kappa shape index (κ2) is 4.52. The number of hydrogen-bond acceptors (Lipinski definition) is 3. The Kier molecular flexibility index (Phi) is 2.77. The lowest BCUT2D eigenvalue weighted by Crippen LogP contribution is -2.32. The van der Waals surface area contributed by atoms with Gasteiger partial charge >= 0.3 is 0 Å². The van der Waals surface area contributed by atoms with E-state index in [2.05, 4.69) is 4.98 Å². The molecule has 2 atom stereocenters. The third-order valence-electron chi connectivity index (χ3n) is 4.62. The molecule has 2 aromatic heterocycles. The molecule has 0 spiro atoms. The van der Waals surface area contributed by atoms with Crippen LogP contribution in [0, 0.1) is 5.92 Å². The Balaban J connectivity index is 1.62. The summed E-state index contributed by atoms with van der Waals surface area (Å²) in [7, 11) is -0.697. The fourth-order valence-corrected chi connectivity index (χ4v) is 5.67. The van der Waals surface area contributed by atoms with Gasteiger partial charge in [-0.25, -0.2) is 4.98 Å². The summed E-state index contributed by atoms with van der Waals surface area (Å²) in [5.41, 5.74) is 1.54. The molecule has 5 heteroatoms. The molecular weight excluding hydrogens is 272 g/mol. The van der Waals surface area contributed by atoms with E-state index in [9.17, 15) is 9.00 Å². The zero-order valence-corrected chi connectivity index (χ0v) is 11.9. The standard InChI is InChI=1S/C15H16N2O2S/c18-15(10-3-5-17-6-4-16-14(17)9-10)11-7-12-1-2-13(8-11)20(12)19/h3-6,9,11-13H,1-2,7-8H2. The summed E-state index contributed by atoms with van der Waals surface area (Å²) in [6.45, 7) is 0. The quantitative estimate of drug-likeness (QED) is 0.796. The first-order chi connectivity index (χ1) is 9.72. The molecule has 0 N–H and O–H groups in total. The number of carbonyl (C=O) groups is 1. The highest BCUT2D eigenvalue weighted by Gasteiger charge is 2.42. The van der Waals surface area contributed by atoms with E-state index in [1.165, 1.54) is 0 Å². The molecule has 4 heterocycles. The van der Waals surface area contributed by atoms with Gasteiger partial charge in [0.25, 0.3) is 0 Å². The Morgan fingerprint density at radius 2 is 2.00 bits per heavy atom. The normalized spacial score (nSPS) is 32.6. The highest BCUT2D eigenvalue weighted by Crippen LogP contribution is 2.39. The van der Waals surface area contributed by atoms with Crippen molar-refractivity contribution in [1.82, 2.24) is 9.38 Å². The molecule has 0 radical (unpaired) electrons. The minimum absolute atomic E-state index is 0.0441. The third kappa shape index (κ3) is 1.84. The van der Waals surface area contributed by atoms with E-state index in [-0.39, 0.29) is 22.2 Å². The molecule has 2 bridgehead atoms. The molecule has 2 saturated heterocycles. The van der Waals surface area contributed by atoms with E-state index in [0.29, 0.717) is 0 Å². The van der Waals surface area contributed by atoms with Crippen LogP contribution in [0.2, 0.25) is 0 Å². The minimum atomic E-state index is -0.697. The number of fused-ring (bicyclic) bond motifs is 3.